The van der Waals surface area contributed by atoms with E-state index in [1.165, 1.54) is 17.8 Å². The summed E-state index contributed by atoms with van der Waals surface area (Å²) in [6.45, 7) is 6.33. The lowest BCUT2D eigenvalue weighted by molar-refractivity contribution is 0.616. The Morgan fingerprint density at radius 1 is 1.11 bits per heavy atom. The van der Waals surface area contributed by atoms with Crippen LogP contribution in [0.1, 0.15) is 43.9 Å². The number of nitrogens with one attached hydrogen (secondary N) is 1. The summed E-state index contributed by atoms with van der Waals surface area (Å²) in [5.41, 5.74) is 3.20. The number of para-hydroxylation sites is 1. The lowest BCUT2D eigenvalue weighted by atomic mass is 10.0. The zero-order valence-electron chi connectivity index (χ0n) is 11.5. The Hall–Kier alpha value is -1.90. The third kappa shape index (κ3) is 3.31. The molecule has 1 atom stereocenters. The highest BCUT2D eigenvalue weighted by Gasteiger charge is 2.10. The molecule has 1 heterocycles. The summed E-state index contributed by atoms with van der Waals surface area (Å²) in [6.07, 6.45) is 2.91. The second-order valence-electron chi connectivity index (χ2n) is 5.04. The van der Waals surface area contributed by atoms with Crippen molar-refractivity contribution in [1.82, 2.24) is 4.98 Å². The van der Waals surface area contributed by atoms with E-state index in [1.54, 1.807) is 6.20 Å². The van der Waals surface area contributed by atoms with E-state index in [0.717, 1.165) is 11.3 Å². The molecule has 0 aliphatic heterocycles. The molecule has 2 nitrogen and oxygen atoms in total. The van der Waals surface area contributed by atoms with Gasteiger partial charge in [0.2, 0.25) is 0 Å². The van der Waals surface area contributed by atoms with Gasteiger partial charge < -0.3 is 5.32 Å². The molecule has 1 unspecified atom stereocenters. The van der Waals surface area contributed by atoms with Gasteiger partial charge in [-0.1, -0.05) is 32.0 Å². The summed E-state index contributed by atoms with van der Waals surface area (Å²) >= 11 is 0. The molecular formula is C16H19FN2. The van der Waals surface area contributed by atoms with Crippen LogP contribution in [0, 0.1) is 5.82 Å². The molecule has 0 saturated heterocycles. The molecular weight excluding hydrogens is 239 g/mol. The molecule has 0 amide bonds. The molecule has 0 radical (unpaired) electrons. The van der Waals surface area contributed by atoms with Crippen molar-refractivity contribution in [2.75, 3.05) is 5.32 Å². The van der Waals surface area contributed by atoms with Gasteiger partial charge in [-0.3, -0.25) is 4.98 Å². The number of aromatic nitrogens is 1. The van der Waals surface area contributed by atoms with Crippen LogP contribution in [0.2, 0.25) is 0 Å². The number of pyridine rings is 1. The van der Waals surface area contributed by atoms with Gasteiger partial charge in [0, 0.05) is 11.9 Å². The quantitative estimate of drug-likeness (QED) is 0.872. The molecule has 2 aromatic rings. The van der Waals surface area contributed by atoms with Crippen LogP contribution in [-0.4, -0.2) is 4.98 Å². The van der Waals surface area contributed by atoms with Gasteiger partial charge in [-0.15, -0.1) is 0 Å². The minimum Gasteiger partial charge on any atom is -0.378 e. The Kier molecular flexibility index (Phi) is 4.15. The van der Waals surface area contributed by atoms with E-state index in [-0.39, 0.29) is 11.9 Å². The molecule has 0 saturated carbocycles. The second kappa shape index (κ2) is 5.83. The van der Waals surface area contributed by atoms with E-state index < -0.39 is 0 Å². The molecule has 19 heavy (non-hydrogen) atoms. The Morgan fingerprint density at radius 2 is 1.84 bits per heavy atom. The summed E-state index contributed by atoms with van der Waals surface area (Å²) < 4.78 is 13.2. The van der Waals surface area contributed by atoms with E-state index in [2.05, 4.69) is 36.3 Å². The minimum atomic E-state index is -0.303. The molecule has 1 aromatic heterocycles. The molecule has 2 rings (SSSR count). The third-order valence-corrected chi connectivity index (χ3v) is 3.18. The molecule has 1 N–H and O–H groups in total. The Morgan fingerprint density at radius 3 is 2.53 bits per heavy atom. The number of nitrogens with zero attached hydrogens (tertiary/aromatic N) is 1. The number of benzene rings is 1. The van der Waals surface area contributed by atoms with E-state index in [4.69, 9.17) is 0 Å². The van der Waals surface area contributed by atoms with Gasteiger partial charge in [0.15, 0.2) is 0 Å². The molecule has 0 spiro atoms. The maximum absolute atomic E-state index is 13.2. The van der Waals surface area contributed by atoms with Gasteiger partial charge in [-0.2, -0.15) is 0 Å². The van der Waals surface area contributed by atoms with Crippen molar-refractivity contribution in [3.8, 4) is 0 Å². The van der Waals surface area contributed by atoms with Crippen LogP contribution >= 0.6 is 0 Å². The zero-order chi connectivity index (χ0) is 13.8. The van der Waals surface area contributed by atoms with Crippen molar-refractivity contribution in [2.45, 2.75) is 32.7 Å². The van der Waals surface area contributed by atoms with E-state index in [0.29, 0.717) is 5.92 Å². The first-order valence-corrected chi connectivity index (χ1v) is 6.54. The topological polar surface area (TPSA) is 24.9 Å². The van der Waals surface area contributed by atoms with E-state index in [9.17, 15) is 4.39 Å². The Balaban J connectivity index is 2.22. The molecule has 0 bridgehead atoms. The van der Waals surface area contributed by atoms with Crippen molar-refractivity contribution in [3.63, 3.8) is 0 Å². The zero-order valence-corrected chi connectivity index (χ0v) is 11.5. The molecule has 0 fully saturated rings. The molecule has 3 heteroatoms. The normalized spacial score (nSPS) is 12.5. The highest BCUT2D eigenvalue weighted by Crippen LogP contribution is 2.27. The summed E-state index contributed by atoms with van der Waals surface area (Å²) in [7, 11) is 0. The maximum atomic E-state index is 13.2. The van der Waals surface area contributed by atoms with Crippen molar-refractivity contribution in [3.05, 3.63) is 59.7 Å². The molecule has 1 aromatic carbocycles. The lowest BCUT2D eigenvalue weighted by Gasteiger charge is -2.19. The average molecular weight is 258 g/mol. The first kappa shape index (κ1) is 13.5. The van der Waals surface area contributed by atoms with Crippen LogP contribution in [0.25, 0.3) is 0 Å². The van der Waals surface area contributed by atoms with Gasteiger partial charge in [0.25, 0.3) is 0 Å². The lowest BCUT2D eigenvalue weighted by Crippen LogP contribution is -2.09. The summed E-state index contributed by atoms with van der Waals surface area (Å²) in [5.74, 6) is 0.143. The number of hydrogen-bond donors (Lipinski definition) is 1. The standard InChI is InChI=1S/C16H19FN2/c1-11(2)15-6-4-5-7-16(15)19-12(3)13-8-14(17)10-18-9-13/h4-12,19H,1-3H3. The van der Waals surface area contributed by atoms with Crippen LogP contribution in [0.15, 0.2) is 42.7 Å². The SMILES string of the molecule is CC(C)c1ccccc1NC(C)c1cncc(F)c1. The van der Waals surface area contributed by atoms with Crippen LogP contribution in [-0.2, 0) is 0 Å². The highest BCUT2D eigenvalue weighted by atomic mass is 19.1. The smallest absolute Gasteiger partial charge is 0.141 e. The van der Waals surface area contributed by atoms with Crippen molar-refractivity contribution in [2.24, 2.45) is 0 Å². The van der Waals surface area contributed by atoms with Crippen LogP contribution in [0.5, 0.6) is 0 Å². The first-order chi connectivity index (χ1) is 9.08. The second-order valence-corrected chi connectivity index (χ2v) is 5.04. The number of halogens is 1. The number of hydrogen-bond acceptors (Lipinski definition) is 2. The van der Waals surface area contributed by atoms with Gasteiger partial charge in [0.05, 0.1) is 12.2 Å². The summed E-state index contributed by atoms with van der Waals surface area (Å²) in [6, 6.07) is 9.74. The molecule has 0 aliphatic carbocycles. The van der Waals surface area contributed by atoms with Gasteiger partial charge in [0.1, 0.15) is 5.82 Å². The van der Waals surface area contributed by atoms with Crippen LogP contribution in [0.3, 0.4) is 0 Å². The van der Waals surface area contributed by atoms with Crippen LogP contribution < -0.4 is 5.32 Å². The highest BCUT2D eigenvalue weighted by molar-refractivity contribution is 5.53. The first-order valence-electron chi connectivity index (χ1n) is 6.54. The summed E-state index contributed by atoms with van der Waals surface area (Å²) in [5, 5.41) is 3.43. The van der Waals surface area contributed by atoms with Crippen LogP contribution in [0.4, 0.5) is 10.1 Å². The van der Waals surface area contributed by atoms with E-state index in [1.807, 2.05) is 19.1 Å². The number of rotatable bonds is 4. The number of anilines is 1. The van der Waals surface area contributed by atoms with Crippen molar-refractivity contribution in [1.29, 1.82) is 0 Å². The predicted molar refractivity (Wildman–Crippen MR) is 76.8 cm³/mol. The largest absolute Gasteiger partial charge is 0.378 e. The fourth-order valence-electron chi connectivity index (χ4n) is 2.11. The van der Waals surface area contributed by atoms with Gasteiger partial charge in [-0.05, 0) is 36.1 Å². The monoisotopic (exact) mass is 258 g/mol. The van der Waals surface area contributed by atoms with E-state index >= 15 is 0 Å². The maximum Gasteiger partial charge on any atom is 0.141 e. The molecule has 0 aliphatic rings. The third-order valence-electron chi connectivity index (χ3n) is 3.18. The average Bonchev–Trinajstić information content (AvgIpc) is 2.39. The van der Waals surface area contributed by atoms with Gasteiger partial charge in [-0.25, -0.2) is 4.39 Å². The predicted octanol–water partition coefficient (Wildman–Crippen LogP) is 4.52. The van der Waals surface area contributed by atoms with Crippen molar-refractivity contribution >= 4 is 5.69 Å². The summed E-state index contributed by atoms with van der Waals surface area (Å²) in [4.78, 5) is 3.89. The Labute approximate surface area is 113 Å². The Bertz CT molecular complexity index is 552. The van der Waals surface area contributed by atoms with Gasteiger partial charge >= 0.3 is 0 Å². The van der Waals surface area contributed by atoms with Crippen molar-refractivity contribution < 1.29 is 4.39 Å². The fourth-order valence-corrected chi connectivity index (χ4v) is 2.11. The fraction of sp³-hybridized carbons (Fsp3) is 0.312. The molecule has 100 valence electrons. The minimum absolute atomic E-state index is 0.0168.